The molecule has 34 heavy (non-hydrogen) atoms. The van der Waals surface area contributed by atoms with Gasteiger partial charge in [0.1, 0.15) is 6.54 Å². The summed E-state index contributed by atoms with van der Waals surface area (Å²) in [7, 11) is 0. The highest BCUT2D eigenvalue weighted by molar-refractivity contribution is 7.99. The minimum atomic E-state index is -1.01. The van der Waals surface area contributed by atoms with Gasteiger partial charge in [-0.15, -0.1) is 0 Å². The van der Waals surface area contributed by atoms with Crippen molar-refractivity contribution in [2.45, 2.75) is 36.1 Å². The van der Waals surface area contributed by atoms with Gasteiger partial charge in [-0.05, 0) is 63.2 Å². The van der Waals surface area contributed by atoms with Gasteiger partial charge in [0.2, 0.25) is 5.91 Å². The third-order valence-corrected chi connectivity index (χ3v) is 8.48. The lowest BCUT2D eigenvalue weighted by molar-refractivity contribution is -0.145. The van der Waals surface area contributed by atoms with Crippen LogP contribution in [0.4, 0.5) is 4.39 Å². The molecular formula is C25H25ClFN3O3S. The van der Waals surface area contributed by atoms with Gasteiger partial charge in [0.15, 0.2) is 5.82 Å². The monoisotopic (exact) mass is 501 g/mol. The lowest BCUT2D eigenvalue weighted by Gasteiger charge is -2.52. The van der Waals surface area contributed by atoms with Crippen molar-refractivity contribution in [2.75, 3.05) is 26.2 Å². The molecule has 9 heteroatoms. The molecule has 0 atom stereocenters. The molecular weight excluding hydrogens is 477 g/mol. The molecule has 0 radical (unpaired) electrons. The molecule has 2 saturated heterocycles. The van der Waals surface area contributed by atoms with Gasteiger partial charge in [-0.1, -0.05) is 29.4 Å². The van der Waals surface area contributed by atoms with Crippen LogP contribution in [-0.2, 0) is 11.3 Å². The number of hydrogen-bond donors (Lipinski definition) is 2. The number of carbonyl (C=O) groups is 2. The lowest BCUT2D eigenvalue weighted by Crippen LogP contribution is -2.62. The van der Waals surface area contributed by atoms with Gasteiger partial charge in [-0.25, -0.2) is 9.18 Å². The van der Waals surface area contributed by atoms with E-state index in [-0.39, 0.29) is 28.5 Å². The van der Waals surface area contributed by atoms with Crippen LogP contribution >= 0.6 is 23.4 Å². The van der Waals surface area contributed by atoms with Gasteiger partial charge in [-0.2, -0.15) is 0 Å². The first kappa shape index (κ1) is 23.2. The van der Waals surface area contributed by atoms with E-state index in [1.165, 1.54) is 23.9 Å². The van der Waals surface area contributed by atoms with Crippen molar-refractivity contribution in [3.05, 3.63) is 58.5 Å². The number of hydrogen-bond acceptors (Lipinski definition) is 4. The van der Waals surface area contributed by atoms with Crippen molar-refractivity contribution < 1.29 is 19.1 Å². The molecule has 0 saturated carbocycles. The van der Waals surface area contributed by atoms with Crippen LogP contribution < -0.4 is 5.32 Å². The van der Waals surface area contributed by atoms with Gasteiger partial charge in [0, 0.05) is 39.4 Å². The van der Waals surface area contributed by atoms with E-state index < -0.39 is 11.8 Å². The van der Waals surface area contributed by atoms with E-state index in [2.05, 4.69) is 5.32 Å². The highest BCUT2D eigenvalue weighted by Gasteiger charge is 2.45. The van der Waals surface area contributed by atoms with Crippen molar-refractivity contribution >= 4 is 46.1 Å². The van der Waals surface area contributed by atoms with Crippen LogP contribution in [0.2, 0.25) is 5.02 Å². The van der Waals surface area contributed by atoms with E-state index in [4.69, 9.17) is 11.6 Å². The van der Waals surface area contributed by atoms with Gasteiger partial charge in [-0.3, -0.25) is 4.79 Å². The Morgan fingerprint density at radius 3 is 2.65 bits per heavy atom. The summed E-state index contributed by atoms with van der Waals surface area (Å²) in [6.45, 7) is 5.35. The maximum atomic E-state index is 15.2. The standard InChI is InChI=1S/C25H25ClFN3O3S/c1-15-23(34-17-4-2-3-16(11-17)24(32)33)18-5-6-19(26)21(27)22(18)30(15)12-20(31)29-13-25(14-29)7-9-28-10-8-25/h2-6,11,28H,7-10,12-14H2,1H3,(H,32,33). The largest absolute Gasteiger partial charge is 0.478 e. The molecule has 2 fully saturated rings. The Labute approximate surface area is 206 Å². The molecule has 2 aliphatic heterocycles. The Morgan fingerprint density at radius 1 is 1.21 bits per heavy atom. The summed E-state index contributed by atoms with van der Waals surface area (Å²) in [6.07, 6.45) is 2.14. The van der Waals surface area contributed by atoms with Crippen LogP contribution in [0.5, 0.6) is 0 Å². The quantitative estimate of drug-likeness (QED) is 0.525. The highest BCUT2D eigenvalue weighted by Crippen LogP contribution is 2.42. The number of aromatic nitrogens is 1. The lowest BCUT2D eigenvalue weighted by atomic mass is 9.72. The summed E-state index contributed by atoms with van der Waals surface area (Å²) in [5, 5.41) is 13.3. The van der Waals surface area contributed by atoms with Crippen LogP contribution in [0.3, 0.4) is 0 Å². The SMILES string of the molecule is Cc1c(Sc2cccc(C(=O)O)c2)c2ccc(Cl)c(F)c2n1CC(=O)N1CC2(CCNCC2)C1. The number of nitrogens with one attached hydrogen (secondary N) is 1. The maximum Gasteiger partial charge on any atom is 0.335 e. The highest BCUT2D eigenvalue weighted by atomic mass is 35.5. The number of fused-ring (bicyclic) bond motifs is 1. The predicted molar refractivity (Wildman–Crippen MR) is 130 cm³/mol. The van der Waals surface area contributed by atoms with Crippen LogP contribution in [0.1, 0.15) is 28.9 Å². The third-order valence-electron chi connectivity index (χ3n) is 6.98. The predicted octanol–water partition coefficient (Wildman–Crippen LogP) is 4.80. The zero-order valence-corrected chi connectivity index (χ0v) is 20.3. The third kappa shape index (κ3) is 4.08. The number of rotatable bonds is 5. The zero-order valence-electron chi connectivity index (χ0n) is 18.7. The molecule has 2 aliphatic rings. The van der Waals surface area contributed by atoms with E-state index in [0.29, 0.717) is 10.9 Å². The summed E-state index contributed by atoms with van der Waals surface area (Å²) in [6, 6.07) is 9.89. The molecule has 178 valence electrons. The average molecular weight is 502 g/mol. The number of nitrogens with zero attached hydrogens (tertiary/aromatic N) is 2. The first-order valence-corrected chi connectivity index (χ1v) is 12.4. The van der Waals surface area contributed by atoms with Crippen LogP contribution in [0.15, 0.2) is 46.2 Å². The van der Waals surface area contributed by atoms with E-state index in [9.17, 15) is 14.7 Å². The molecule has 1 aromatic heterocycles. The first-order valence-electron chi connectivity index (χ1n) is 11.2. The minimum absolute atomic E-state index is 0.000678. The molecule has 0 aliphatic carbocycles. The van der Waals surface area contributed by atoms with Crippen molar-refractivity contribution in [1.82, 2.24) is 14.8 Å². The summed E-state index contributed by atoms with van der Waals surface area (Å²) in [5.74, 6) is -1.60. The summed E-state index contributed by atoms with van der Waals surface area (Å²) < 4.78 is 16.9. The Hall–Kier alpha value is -2.55. The van der Waals surface area contributed by atoms with E-state index in [1.54, 1.807) is 22.8 Å². The number of amides is 1. The average Bonchev–Trinajstić information content (AvgIpc) is 3.06. The molecule has 3 heterocycles. The van der Waals surface area contributed by atoms with Crippen LogP contribution in [-0.4, -0.2) is 52.6 Å². The smallest absolute Gasteiger partial charge is 0.335 e. The fourth-order valence-corrected chi connectivity index (χ4v) is 6.31. The molecule has 1 amide bonds. The number of likely N-dealkylation sites (tertiary alicyclic amines) is 1. The zero-order chi connectivity index (χ0) is 24.0. The summed E-state index contributed by atoms with van der Waals surface area (Å²) in [5.41, 5.74) is 1.44. The number of benzene rings is 2. The van der Waals surface area contributed by atoms with Crippen LogP contribution in [0.25, 0.3) is 10.9 Å². The Bertz CT molecular complexity index is 1290. The second-order valence-electron chi connectivity index (χ2n) is 9.19. The Balaban J connectivity index is 1.47. The van der Waals surface area contributed by atoms with Crippen molar-refractivity contribution in [2.24, 2.45) is 5.41 Å². The molecule has 2 N–H and O–H groups in total. The van der Waals surface area contributed by atoms with Gasteiger partial charge in [0.25, 0.3) is 0 Å². The molecule has 3 aromatic rings. The number of carboxylic acids is 1. The van der Waals surface area contributed by atoms with Gasteiger partial charge in [0.05, 0.1) is 16.1 Å². The van der Waals surface area contributed by atoms with E-state index in [1.807, 2.05) is 17.9 Å². The number of piperidine rings is 1. The number of carbonyl (C=O) groups excluding carboxylic acids is 1. The first-order chi connectivity index (χ1) is 16.3. The second-order valence-corrected chi connectivity index (χ2v) is 10.7. The second kappa shape index (κ2) is 8.91. The minimum Gasteiger partial charge on any atom is -0.478 e. The fraction of sp³-hybridized carbons (Fsp3) is 0.360. The molecule has 1 spiro atoms. The van der Waals surface area contributed by atoms with Crippen molar-refractivity contribution in [3.63, 3.8) is 0 Å². The van der Waals surface area contributed by atoms with E-state index in [0.717, 1.165) is 54.5 Å². The number of aromatic carboxylic acids is 1. The molecule has 2 aromatic carbocycles. The van der Waals surface area contributed by atoms with Gasteiger partial charge >= 0.3 is 5.97 Å². The Morgan fingerprint density at radius 2 is 1.94 bits per heavy atom. The molecule has 0 unspecified atom stereocenters. The summed E-state index contributed by atoms with van der Waals surface area (Å²) >= 11 is 7.47. The molecule has 5 rings (SSSR count). The molecule has 0 bridgehead atoms. The molecule has 6 nitrogen and oxygen atoms in total. The Kier molecular flexibility index (Phi) is 6.08. The maximum absolute atomic E-state index is 15.2. The number of carboxylic acid groups (broad SMARTS) is 1. The van der Waals surface area contributed by atoms with E-state index >= 15 is 4.39 Å². The van der Waals surface area contributed by atoms with Gasteiger partial charge < -0.3 is 19.9 Å². The fourth-order valence-electron chi connectivity index (χ4n) is 5.06. The normalized spacial score (nSPS) is 17.2. The van der Waals surface area contributed by atoms with Crippen LogP contribution in [0, 0.1) is 18.2 Å². The van der Waals surface area contributed by atoms with Crippen molar-refractivity contribution in [3.8, 4) is 0 Å². The van der Waals surface area contributed by atoms with Crippen molar-refractivity contribution in [1.29, 1.82) is 0 Å². The number of halogens is 2. The topological polar surface area (TPSA) is 74.6 Å². The summed E-state index contributed by atoms with van der Waals surface area (Å²) in [4.78, 5) is 27.9.